The fourth-order valence-corrected chi connectivity index (χ4v) is 10.9. The molecule has 0 spiro atoms. The number of fused-ring (bicyclic) bond motifs is 2. The number of ether oxygens (including phenoxy) is 2. The lowest BCUT2D eigenvalue weighted by molar-refractivity contribution is -0.137. The van der Waals surface area contributed by atoms with Crippen molar-refractivity contribution in [2.45, 2.75) is 75.2 Å². The van der Waals surface area contributed by atoms with Crippen LogP contribution in [0.1, 0.15) is 71.9 Å². The molecule has 0 fully saturated rings. The normalized spacial score (nSPS) is 18.3. The number of para-hydroxylation sites is 2. The number of nitrogens with one attached hydrogen (secondary N) is 2. The summed E-state index contributed by atoms with van der Waals surface area (Å²) in [7, 11) is 0. The Morgan fingerprint density at radius 3 is 1.29 bits per heavy atom. The molecule has 448 valence electrons. The van der Waals surface area contributed by atoms with Gasteiger partial charge in [0.2, 0.25) is 0 Å². The van der Waals surface area contributed by atoms with Crippen LogP contribution in [-0.4, -0.2) is 95.3 Å². The Morgan fingerprint density at radius 2 is 0.930 bits per heavy atom. The van der Waals surface area contributed by atoms with Crippen molar-refractivity contribution in [1.29, 1.82) is 0 Å². The molecular weight excluding hydrogens is 1310 g/mol. The van der Waals surface area contributed by atoms with Gasteiger partial charge in [0.05, 0.1) is 45.3 Å². The zero-order valence-electron chi connectivity index (χ0n) is 45.0. The Kier molecular flexibility index (Phi) is 20.5. The van der Waals surface area contributed by atoms with Crippen molar-refractivity contribution in [3.05, 3.63) is 189 Å². The maximum Gasteiger partial charge on any atom is 0.418 e. The Bertz CT molecular complexity index is 3370. The maximum absolute atomic E-state index is 13.9. The first-order valence-electron chi connectivity index (χ1n) is 26.7. The van der Waals surface area contributed by atoms with Crippen LogP contribution in [0.25, 0.3) is 0 Å². The van der Waals surface area contributed by atoms with Gasteiger partial charge >= 0.3 is 24.5 Å². The van der Waals surface area contributed by atoms with Gasteiger partial charge in [-0.1, -0.05) is 131 Å². The SMILES string of the molecule is O=C(Nc1ccc(Cl)cc1C(F)(F)F)OC[C@H]1N=C(c2ccccc2)c2ccccc2N(CCC[C@@H]2CC(Br)=NO2)C1=O.O=C(Nc1ccc(Cl)cc1C(F)(F)F)OC[C@H]1N=C(c2ccccc2)c2ccccc2N(CCC[C@H]2CC(Br)=NO2)C1=O. The first kappa shape index (κ1) is 62.7. The molecule has 4 heterocycles. The average molecular weight is 1360 g/mol. The summed E-state index contributed by atoms with van der Waals surface area (Å²) < 4.78 is 93.1. The lowest BCUT2D eigenvalue weighted by Gasteiger charge is -2.25. The fraction of sp³-hybridized carbons (Fsp3) is 0.267. The quantitative estimate of drug-likeness (QED) is 0.0897. The first-order chi connectivity index (χ1) is 41.2. The van der Waals surface area contributed by atoms with E-state index in [0.29, 0.717) is 97.7 Å². The molecule has 0 unspecified atom stereocenters. The van der Waals surface area contributed by atoms with Crippen molar-refractivity contribution in [2.24, 2.45) is 20.3 Å². The van der Waals surface area contributed by atoms with E-state index >= 15 is 0 Å². The number of oxime groups is 2. The summed E-state index contributed by atoms with van der Waals surface area (Å²) in [5, 5.41) is 11.8. The second-order valence-corrected chi connectivity index (χ2v) is 22.3. The molecule has 0 radical (unpaired) electrons. The van der Waals surface area contributed by atoms with E-state index in [1.807, 2.05) is 109 Å². The maximum atomic E-state index is 13.9. The van der Waals surface area contributed by atoms with Crippen molar-refractivity contribution >= 4 is 122 Å². The number of halogens is 10. The van der Waals surface area contributed by atoms with Gasteiger partial charge in [0.25, 0.3) is 11.8 Å². The molecular formula is C60H50Br2Cl2F6N8O8. The van der Waals surface area contributed by atoms with E-state index in [-0.39, 0.29) is 22.3 Å². The zero-order chi connectivity index (χ0) is 61.1. The Balaban J connectivity index is 0.000000205. The third kappa shape index (κ3) is 16.0. The number of hydrogen-bond donors (Lipinski definition) is 2. The number of carbonyl (C=O) groups excluding carboxylic acids is 4. The molecule has 4 aliphatic heterocycles. The summed E-state index contributed by atoms with van der Waals surface area (Å²) in [6.07, 6.45) is -8.36. The van der Waals surface area contributed by atoms with E-state index < -0.39 is 84.2 Å². The monoisotopic (exact) mass is 1350 g/mol. The van der Waals surface area contributed by atoms with Crippen LogP contribution in [0.4, 0.5) is 58.7 Å². The number of anilines is 4. The number of alkyl halides is 6. The summed E-state index contributed by atoms with van der Waals surface area (Å²) in [5.41, 5.74) is 1.95. The van der Waals surface area contributed by atoms with Gasteiger partial charge in [0.15, 0.2) is 12.1 Å². The van der Waals surface area contributed by atoms with E-state index in [2.05, 4.69) is 52.8 Å². The third-order valence-corrected chi connectivity index (χ3v) is 15.1. The number of amides is 4. The van der Waals surface area contributed by atoms with Gasteiger partial charge in [-0.3, -0.25) is 30.2 Å². The fourth-order valence-electron chi connectivity index (χ4n) is 9.68. The van der Waals surface area contributed by atoms with Crippen molar-refractivity contribution < 1.29 is 64.7 Å². The molecule has 10 rings (SSSR count). The van der Waals surface area contributed by atoms with Crippen LogP contribution in [0, 0.1) is 0 Å². The second kappa shape index (κ2) is 28.1. The van der Waals surface area contributed by atoms with Gasteiger partial charge in [-0.15, -0.1) is 0 Å². The van der Waals surface area contributed by atoms with Gasteiger partial charge in [-0.25, -0.2) is 9.59 Å². The summed E-state index contributed by atoms with van der Waals surface area (Å²) >= 11 is 18.1. The predicted molar refractivity (Wildman–Crippen MR) is 322 cm³/mol. The molecule has 4 amide bonds. The average Bonchev–Trinajstić information content (AvgIpc) is 2.24. The van der Waals surface area contributed by atoms with Crippen molar-refractivity contribution in [2.75, 3.05) is 46.7 Å². The third-order valence-electron chi connectivity index (χ3n) is 13.7. The van der Waals surface area contributed by atoms with Gasteiger partial charge in [0, 0.05) is 58.2 Å². The molecule has 6 aromatic carbocycles. The number of nitrogens with zero attached hydrogens (tertiary/aromatic N) is 6. The number of aliphatic imine (C=N–C) groups is 2. The molecule has 0 bridgehead atoms. The van der Waals surface area contributed by atoms with Gasteiger partial charge < -0.3 is 28.9 Å². The van der Waals surface area contributed by atoms with Crippen LogP contribution < -0.4 is 20.4 Å². The largest absolute Gasteiger partial charge is 0.446 e. The van der Waals surface area contributed by atoms with Gasteiger partial charge in [-0.2, -0.15) is 26.3 Å². The molecule has 0 saturated carbocycles. The predicted octanol–water partition coefficient (Wildman–Crippen LogP) is 14.9. The Labute approximate surface area is 515 Å². The van der Waals surface area contributed by atoms with E-state index in [0.717, 1.165) is 32.5 Å². The van der Waals surface area contributed by atoms with E-state index in [1.165, 1.54) is 12.1 Å². The summed E-state index contributed by atoms with van der Waals surface area (Å²) in [6, 6.07) is 36.8. The number of hydrogen-bond acceptors (Lipinski definition) is 12. The summed E-state index contributed by atoms with van der Waals surface area (Å²) in [5.74, 6) is -0.836. The van der Waals surface area contributed by atoms with E-state index in [4.69, 9.17) is 52.3 Å². The van der Waals surface area contributed by atoms with Gasteiger partial charge in [-0.05, 0) is 106 Å². The molecule has 0 saturated heterocycles. The van der Waals surface area contributed by atoms with Crippen molar-refractivity contribution in [1.82, 2.24) is 0 Å². The van der Waals surface area contributed by atoms with Gasteiger partial charge in [0.1, 0.15) is 34.7 Å². The Morgan fingerprint density at radius 1 is 0.558 bits per heavy atom. The lowest BCUT2D eigenvalue weighted by Crippen LogP contribution is -2.41. The van der Waals surface area contributed by atoms with Crippen LogP contribution in [0.15, 0.2) is 166 Å². The smallest absolute Gasteiger partial charge is 0.418 e. The lowest BCUT2D eigenvalue weighted by atomic mass is 10.00. The molecule has 0 aromatic heterocycles. The molecule has 2 N–H and O–H groups in total. The summed E-state index contributed by atoms with van der Waals surface area (Å²) in [4.78, 5) is 76.7. The van der Waals surface area contributed by atoms with Crippen LogP contribution in [0.5, 0.6) is 0 Å². The van der Waals surface area contributed by atoms with Crippen LogP contribution in [0.3, 0.4) is 0 Å². The highest BCUT2D eigenvalue weighted by Crippen LogP contribution is 2.39. The molecule has 4 aliphatic rings. The summed E-state index contributed by atoms with van der Waals surface area (Å²) in [6.45, 7) is -0.361. The Hall–Kier alpha value is -7.80. The van der Waals surface area contributed by atoms with Crippen LogP contribution in [-0.2, 0) is 41.1 Å². The molecule has 86 heavy (non-hydrogen) atoms. The number of benzene rings is 6. The molecule has 16 nitrogen and oxygen atoms in total. The van der Waals surface area contributed by atoms with Crippen LogP contribution >= 0.6 is 55.1 Å². The highest BCUT2D eigenvalue weighted by Gasteiger charge is 2.38. The minimum atomic E-state index is -4.77. The highest BCUT2D eigenvalue weighted by molar-refractivity contribution is 9.18. The highest BCUT2D eigenvalue weighted by atomic mass is 79.9. The minimum Gasteiger partial charge on any atom is -0.446 e. The van der Waals surface area contributed by atoms with E-state index in [9.17, 15) is 45.5 Å². The van der Waals surface area contributed by atoms with Crippen LogP contribution in [0.2, 0.25) is 10.0 Å². The molecule has 6 aromatic rings. The minimum absolute atomic E-state index is 0.111. The topological polar surface area (TPSA) is 185 Å². The standard InChI is InChI=1S/2C30H25BrClF3N4O4/c2*31-26-16-20(43-38-26)9-6-14-39-25-11-5-4-10-21(25)27(18-7-2-1-3-8-18)36-24(28(39)40)17-42-29(41)37-23-13-12-19(32)15-22(23)30(33,34)35/h2*1-5,7-8,10-13,15,20,24H,6,9,14,16-17H2,(H,37,41)/t20-,24+;20-,24-/m01/s1. The zero-order valence-corrected chi connectivity index (χ0v) is 49.6. The van der Waals surface area contributed by atoms with Crippen molar-refractivity contribution in [3.63, 3.8) is 0 Å². The molecule has 4 atom stereocenters. The molecule has 26 heteroatoms. The number of rotatable bonds is 16. The second-order valence-electron chi connectivity index (χ2n) is 19.6. The molecule has 0 aliphatic carbocycles. The van der Waals surface area contributed by atoms with E-state index in [1.54, 1.807) is 9.80 Å². The number of carbonyl (C=O) groups is 4. The van der Waals surface area contributed by atoms with Crippen molar-refractivity contribution in [3.8, 4) is 0 Å². The first-order valence-corrected chi connectivity index (χ1v) is 29.0. The number of benzodiazepines with no additional fused rings is 2.